The molecule has 2 N–H and O–H groups in total. The molecule has 0 aromatic carbocycles. The molecular weight excluding hydrogens is 260 g/mol. The molecule has 1 aliphatic heterocycles. The largest absolute Gasteiger partial charge is 0.432 e. The van der Waals surface area contributed by atoms with Gasteiger partial charge in [0.15, 0.2) is 5.79 Å². The number of esters is 1. The fraction of sp³-hybridized carbons (Fsp3) is 0.933. The summed E-state index contributed by atoms with van der Waals surface area (Å²) in [4.78, 5) is 11.6. The number of ether oxygens (including phenoxy) is 2. The number of hydrogen-bond donors (Lipinski definition) is 2. The molecule has 2 rings (SSSR count). The van der Waals surface area contributed by atoms with Crippen LogP contribution in [-0.2, 0) is 14.3 Å². The van der Waals surface area contributed by atoms with Gasteiger partial charge in [-0.05, 0) is 31.6 Å². The Labute approximate surface area is 120 Å². The van der Waals surface area contributed by atoms with Gasteiger partial charge in [0.25, 0.3) is 0 Å². The van der Waals surface area contributed by atoms with Crippen molar-refractivity contribution in [3.05, 3.63) is 0 Å². The van der Waals surface area contributed by atoms with Gasteiger partial charge in [-0.3, -0.25) is 4.79 Å². The second kappa shape index (κ2) is 5.62. The first-order chi connectivity index (χ1) is 9.28. The molecule has 5 nitrogen and oxygen atoms in total. The van der Waals surface area contributed by atoms with Crippen molar-refractivity contribution >= 4 is 5.97 Å². The van der Waals surface area contributed by atoms with Crippen molar-refractivity contribution in [2.24, 2.45) is 11.8 Å². The van der Waals surface area contributed by atoms with E-state index in [4.69, 9.17) is 9.47 Å². The highest BCUT2D eigenvalue weighted by atomic mass is 16.8. The van der Waals surface area contributed by atoms with Crippen molar-refractivity contribution in [2.45, 2.75) is 77.0 Å². The van der Waals surface area contributed by atoms with Crippen molar-refractivity contribution in [3.63, 3.8) is 0 Å². The summed E-state index contributed by atoms with van der Waals surface area (Å²) < 4.78 is 10.9. The minimum atomic E-state index is -1.37. The first-order valence-corrected chi connectivity index (χ1v) is 7.60. The monoisotopic (exact) mass is 286 g/mol. The zero-order valence-corrected chi connectivity index (χ0v) is 12.6. The Hall–Kier alpha value is -0.650. The highest BCUT2D eigenvalue weighted by molar-refractivity contribution is 5.69. The fourth-order valence-corrected chi connectivity index (χ4v) is 3.56. The van der Waals surface area contributed by atoms with Gasteiger partial charge < -0.3 is 19.7 Å². The molecule has 1 heterocycles. The number of aliphatic hydroxyl groups is 2. The summed E-state index contributed by atoms with van der Waals surface area (Å²) in [5.41, 5.74) is -1.19. The molecule has 2 aliphatic rings. The van der Waals surface area contributed by atoms with Crippen molar-refractivity contribution in [1.82, 2.24) is 0 Å². The number of fused-ring (bicyclic) bond motifs is 1. The summed E-state index contributed by atoms with van der Waals surface area (Å²) >= 11 is 0. The first-order valence-electron chi connectivity index (χ1n) is 7.60. The van der Waals surface area contributed by atoms with Crippen LogP contribution in [0.5, 0.6) is 0 Å². The van der Waals surface area contributed by atoms with E-state index in [2.05, 4.69) is 6.92 Å². The highest BCUT2D eigenvalue weighted by Crippen LogP contribution is 2.47. The average Bonchev–Trinajstić information content (AvgIpc) is 2.45. The zero-order valence-electron chi connectivity index (χ0n) is 12.6. The fourth-order valence-electron chi connectivity index (χ4n) is 3.56. The second-order valence-electron chi connectivity index (χ2n) is 6.47. The topological polar surface area (TPSA) is 76.0 Å². The van der Waals surface area contributed by atoms with Crippen LogP contribution < -0.4 is 0 Å². The van der Waals surface area contributed by atoms with Gasteiger partial charge in [-0.25, -0.2) is 0 Å². The molecule has 1 unspecified atom stereocenters. The summed E-state index contributed by atoms with van der Waals surface area (Å²) in [5, 5.41) is 21.3. The molecular formula is C15H26O5. The van der Waals surface area contributed by atoms with Crippen LogP contribution in [0.25, 0.3) is 0 Å². The highest BCUT2D eigenvalue weighted by Gasteiger charge is 2.54. The lowest BCUT2D eigenvalue weighted by molar-refractivity contribution is -0.320. The maximum absolute atomic E-state index is 11.6. The lowest BCUT2D eigenvalue weighted by atomic mass is 9.67. The molecule has 0 aromatic heterocycles. The van der Waals surface area contributed by atoms with Crippen molar-refractivity contribution in [1.29, 1.82) is 0 Å². The van der Waals surface area contributed by atoms with E-state index in [9.17, 15) is 15.0 Å². The third-order valence-corrected chi connectivity index (χ3v) is 4.78. The molecule has 5 heteroatoms. The number of carbonyl (C=O) groups is 1. The van der Waals surface area contributed by atoms with Crippen LogP contribution in [0.2, 0.25) is 0 Å². The van der Waals surface area contributed by atoms with E-state index in [1.807, 2.05) is 0 Å². The molecule has 0 spiro atoms. The van der Waals surface area contributed by atoms with E-state index in [0.29, 0.717) is 25.2 Å². The maximum Gasteiger partial charge on any atom is 0.307 e. The summed E-state index contributed by atoms with van der Waals surface area (Å²) in [6, 6.07) is 0. The molecule has 1 saturated carbocycles. The van der Waals surface area contributed by atoms with Crippen molar-refractivity contribution in [2.75, 3.05) is 0 Å². The summed E-state index contributed by atoms with van der Waals surface area (Å²) in [6.45, 7) is 5.36. The van der Waals surface area contributed by atoms with Crippen LogP contribution in [0.3, 0.4) is 0 Å². The lowest BCUT2D eigenvalue weighted by Gasteiger charge is -2.45. The van der Waals surface area contributed by atoms with E-state index < -0.39 is 23.6 Å². The third-order valence-electron chi connectivity index (χ3n) is 4.78. The molecule has 0 radical (unpaired) electrons. The standard InChI is InChI=1S/C15H26O5/c1-4-12(16)19-13-15(18)8-5-6-10(2)11(15)7-9-14(3,17)20-13/h10-11,13,17-18H,4-9H2,1-3H3/t10-,11?,13+,14-,15+/m0/s1. The Morgan fingerprint density at radius 3 is 2.70 bits per heavy atom. The summed E-state index contributed by atoms with van der Waals surface area (Å²) in [7, 11) is 0. The summed E-state index contributed by atoms with van der Waals surface area (Å²) in [6.07, 6.45) is 2.71. The molecule has 1 saturated heterocycles. The maximum atomic E-state index is 11.6. The summed E-state index contributed by atoms with van der Waals surface area (Å²) in [5.74, 6) is -1.47. The van der Waals surface area contributed by atoms with Crippen LogP contribution in [0.15, 0.2) is 0 Å². The molecule has 0 amide bonds. The number of hydrogen-bond acceptors (Lipinski definition) is 5. The van der Waals surface area contributed by atoms with Crippen LogP contribution in [-0.4, -0.2) is 33.9 Å². The molecule has 1 aliphatic carbocycles. The van der Waals surface area contributed by atoms with E-state index in [-0.39, 0.29) is 12.3 Å². The minimum absolute atomic E-state index is 0.0140. The van der Waals surface area contributed by atoms with Crippen LogP contribution in [0, 0.1) is 11.8 Å². The smallest absolute Gasteiger partial charge is 0.307 e. The predicted octanol–water partition coefficient (Wildman–Crippen LogP) is 1.95. The lowest BCUT2D eigenvalue weighted by Crippen LogP contribution is -2.55. The molecule has 0 bridgehead atoms. The Kier molecular flexibility index (Phi) is 4.42. The molecule has 2 fully saturated rings. The van der Waals surface area contributed by atoms with Gasteiger partial charge in [-0.15, -0.1) is 0 Å². The molecule has 20 heavy (non-hydrogen) atoms. The Balaban J connectivity index is 2.29. The second-order valence-corrected chi connectivity index (χ2v) is 6.47. The van der Waals surface area contributed by atoms with Gasteiger partial charge in [0.05, 0.1) is 0 Å². The minimum Gasteiger partial charge on any atom is -0.432 e. The Morgan fingerprint density at radius 1 is 1.35 bits per heavy atom. The quantitative estimate of drug-likeness (QED) is 0.759. The predicted molar refractivity (Wildman–Crippen MR) is 72.6 cm³/mol. The van der Waals surface area contributed by atoms with Gasteiger partial charge in [0.2, 0.25) is 6.29 Å². The van der Waals surface area contributed by atoms with E-state index in [1.165, 1.54) is 0 Å². The van der Waals surface area contributed by atoms with Gasteiger partial charge >= 0.3 is 5.97 Å². The van der Waals surface area contributed by atoms with Gasteiger partial charge in [-0.1, -0.05) is 26.7 Å². The van der Waals surface area contributed by atoms with Crippen LogP contribution >= 0.6 is 0 Å². The molecule has 116 valence electrons. The number of carbonyl (C=O) groups excluding carboxylic acids is 1. The van der Waals surface area contributed by atoms with Gasteiger partial charge in [-0.2, -0.15) is 0 Å². The van der Waals surface area contributed by atoms with Gasteiger partial charge in [0, 0.05) is 12.8 Å². The SMILES string of the molecule is CCC(=O)O[C@@H]1O[C@](C)(O)CCC2[C@@H](C)CCC[C@@]21O. The molecule has 0 aromatic rings. The van der Waals surface area contributed by atoms with Crippen molar-refractivity contribution < 1.29 is 24.5 Å². The number of rotatable bonds is 2. The van der Waals surface area contributed by atoms with Crippen molar-refractivity contribution in [3.8, 4) is 0 Å². The van der Waals surface area contributed by atoms with Gasteiger partial charge in [0.1, 0.15) is 5.60 Å². The van der Waals surface area contributed by atoms with E-state index in [0.717, 1.165) is 12.8 Å². The Morgan fingerprint density at radius 2 is 2.05 bits per heavy atom. The average molecular weight is 286 g/mol. The molecule has 5 atom stereocenters. The Bertz CT molecular complexity index is 367. The first kappa shape index (κ1) is 15.7. The third kappa shape index (κ3) is 3.00. The van der Waals surface area contributed by atoms with E-state index in [1.54, 1.807) is 13.8 Å². The van der Waals surface area contributed by atoms with Crippen LogP contribution in [0.4, 0.5) is 0 Å². The van der Waals surface area contributed by atoms with Crippen LogP contribution in [0.1, 0.15) is 59.3 Å². The normalized spacial score (nSPS) is 45.4. The zero-order chi connectivity index (χ0) is 15.0. The van der Waals surface area contributed by atoms with E-state index >= 15 is 0 Å².